The standard InChI is InChI=1S/C27H29Cl2N3O5S/c1-31(25(34)18-6-4-3-5-7-18)16-20(27(36)37)32(26(35)19-12-14-30-15-13-19)22(33)11-9-17-8-10-21(38-2)24(29)23(17)28/h3-11,19-20,30H,12-16H2,1-2H3,(H,36,37). The largest absolute Gasteiger partial charge is 0.480 e. The number of hydrogen-bond donors (Lipinski definition) is 2. The minimum absolute atomic E-state index is 0.238. The van der Waals surface area contributed by atoms with Crippen LogP contribution in [0.3, 0.4) is 0 Å². The number of nitrogens with zero attached hydrogens (tertiary/aromatic N) is 2. The van der Waals surface area contributed by atoms with E-state index in [-0.39, 0.29) is 11.6 Å². The maximum absolute atomic E-state index is 13.5. The van der Waals surface area contributed by atoms with Gasteiger partial charge in [0.05, 0.1) is 16.6 Å². The highest BCUT2D eigenvalue weighted by Gasteiger charge is 2.39. The van der Waals surface area contributed by atoms with Crippen LogP contribution >= 0.6 is 35.0 Å². The third-order valence-corrected chi connectivity index (χ3v) is 8.06. The van der Waals surface area contributed by atoms with Crippen LogP contribution in [0, 0.1) is 5.92 Å². The Hall–Kier alpha value is -2.85. The summed E-state index contributed by atoms with van der Waals surface area (Å²) in [6, 6.07) is 10.2. The Bertz CT molecular complexity index is 1220. The van der Waals surface area contributed by atoms with E-state index in [2.05, 4.69) is 5.32 Å². The van der Waals surface area contributed by atoms with Crippen LogP contribution in [0.5, 0.6) is 0 Å². The van der Waals surface area contributed by atoms with Crippen LogP contribution in [0.1, 0.15) is 28.8 Å². The molecule has 1 aliphatic rings. The number of amides is 3. The van der Waals surface area contributed by atoms with Crippen LogP contribution < -0.4 is 5.32 Å². The molecule has 3 amide bonds. The van der Waals surface area contributed by atoms with Crippen molar-refractivity contribution in [3.05, 3.63) is 69.7 Å². The van der Waals surface area contributed by atoms with Gasteiger partial charge in [0.1, 0.15) is 0 Å². The Morgan fingerprint density at radius 1 is 1.08 bits per heavy atom. The number of rotatable bonds is 9. The number of thioether (sulfide) groups is 1. The number of carbonyl (C=O) groups excluding carboxylic acids is 3. The topological polar surface area (TPSA) is 107 Å². The predicted molar refractivity (Wildman–Crippen MR) is 150 cm³/mol. The zero-order valence-corrected chi connectivity index (χ0v) is 23.4. The molecule has 0 aliphatic carbocycles. The number of halogens is 2. The van der Waals surface area contributed by atoms with Gasteiger partial charge < -0.3 is 15.3 Å². The number of likely N-dealkylation sites (N-methyl/N-ethyl adjacent to an activating group) is 1. The molecule has 0 aromatic heterocycles. The molecule has 38 heavy (non-hydrogen) atoms. The molecule has 2 aromatic carbocycles. The summed E-state index contributed by atoms with van der Waals surface area (Å²) in [4.78, 5) is 55.0. The van der Waals surface area contributed by atoms with E-state index < -0.39 is 35.7 Å². The lowest BCUT2D eigenvalue weighted by molar-refractivity contribution is -0.158. The van der Waals surface area contributed by atoms with E-state index in [0.29, 0.717) is 42.1 Å². The quantitative estimate of drug-likeness (QED) is 0.338. The minimum atomic E-state index is -1.59. The average Bonchev–Trinajstić information content (AvgIpc) is 2.93. The monoisotopic (exact) mass is 577 g/mol. The van der Waals surface area contributed by atoms with Crippen molar-refractivity contribution in [1.82, 2.24) is 15.1 Å². The van der Waals surface area contributed by atoms with Gasteiger partial charge in [-0.1, -0.05) is 47.5 Å². The number of carboxylic acid groups (broad SMARTS) is 1. The Kier molecular flexibility index (Phi) is 10.8. The molecule has 0 saturated carbocycles. The van der Waals surface area contributed by atoms with Crippen LogP contribution in [0.15, 0.2) is 53.4 Å². The third-order valence-electron chi connectivity index (χ3n) is 6.28. The molecule has 1 heterocycles. The normalized spacial score (nSPS) is 14.7. The molecule has 0 bridgehead atoms. The van der Waals surface area contributed by atoms with Crippen molar-refractivity contribution in [2.75, 3.05) is 32.9 Å². The SMILES string of the molecule is CSc1ccc(C=CC(=O)N(C(=O)C2CCNCC2)C(CN(C)C(=O)c2ccccc2)C(=O)O)c(Cl)c1Cl. The fraction of sp³-hybridized carbons (Fsp3) is 0.333. The molecular weight excluding hydrogens is 549 g/mol. The number of carboxylic acids is 1. The Labute approximate surface area is 236 Å². The summed E-state index contributed by atoms with van der Waals surface area (Å²) in [5, 5.41) is 13.8. The van der Waals surface area contributed by atoms with E-state index in [1.165, 1.54) is 29.8 Å². The second-order valence-corrected chi connectivity index (χ2v) is 10.4. The summed E-state index contributed by atoms with van der Waals surface area (Å²) in [5.41, 5.74) is 0.808. The number of hydrogen-bond acceptors (Lipinski definition) is 6. The molecule has 2 N–H and O–H groups in total. The lowest BCUT2D eigenvalue weighted by Crippen LogP contribution is -2.55. The second kappa shape index (κ2) is 13.8. The second-order valence-electron chi connectivity index (χ2n) is 8.79. The van der Waals surface area contributed by atoms with Gasteiger partial charge in [-0.15, -0.1) is 11.8 Å². The summed E-state index contributed by atoms with van der Waals surface area (Å²) in [6.45, 7) is 0.775. The van der Waals surface area contributed by atoms with Gasteiger partial charge in [-0.3, -0.25) is 19.3 Å². The van der Waals surface area contributed by atoms with Crippen molar-refractivity contribution in [2.45, 2.75) is 23.8 Å². The molecule has 1 atom stereocenters. The Balaban J connectivity index is 1.93. The van der Waals surface area contributed by atoms with Crippen molar-refractivity contribution in [2.24, 2.45) is 5.92 Å². The maximum atomic E-state index is 13.5. The zero-order chi connectivity index (χ0) is 27.8. The highest BCUT2D eigenvalue weighted by atomic mass is 35.5. The average molecular weight is 579 g/mol. The number of piperidine rings is 1. The van der Waals surface area contributed by atoms with E-state index in [1.807, 2.05) is 6.26 Å². The van der Waals surface area contributed by atoms with E-state index in [1.54, 1.807) is 42.5 Å². The first-order valence-electron chi connectivity index (χ1n) is 12.0. The molecule has 1 aliphatic heterocycles. The molecule has 1 fully saturated rings. The molecule has 11 heteroatoms. The van der Waals surface area contributed by atoms with Crippen molar-refractivity contribution in [3.63, 3.8) is 0 Å². The van der Waals surface area contributed by atoms with Gasteiger partial charge in [-0.05, 0) is 62.0 Å². The Morgan fingerprint density at radius 2 is 1.74 bits per heavy atom. The lowest BCUT2D eigenvalue weighted by atomic mass is 9.95. The molecule has 2 aromatic rings. The fourth-order valence-electron chi connectivity index (χ4n) is 4.17. The van der Waals surface area contributed by atoms with E-state index in [9.17, 15) is 24.3 Å². The van der Waals surface area contributed by atoms with Crippen molar-refractivity contribution in [1.29, 1.82) is 0 Å². The number of benzene rings is 2. The number of aliphatic carboxylic acids is 1. The lowest BCUT2D eigenvalue weighted by Gasteiger charge is -2.33. The smallest absolute Gasteiger partial charge is 0.328 e. The van der Waals surface area contributed by atoms with Crippen molar-refractivity contribution in [3.8, 4) is 0 Å². The summed E-state index contributed by atoms with van der Waals surface area (Å²) in [6.07, 6.45) is 5.31. The van der Waals surface area contributed by atoms with Crippen LogP contribution in [-0.2, 0) is 14.4 Å². The molecule has 1 unspecified atom stereocenters. The van der Waals surface area contributed by atoms with E-state index in [0.717, 1.165) is 15.9 Å². The van der Waals surface area contributed by atoms with Gasteiger partial charge >= 0.3 is 5.97 Å². The fourth-order valence-corrected chi connectivity index (χ4v) is 5.34. The minimum Gasteiger partial charge on any atom is -0.480 e. The predicted octanol–water partition coefficient (Wildman–Crippen LogP) is 4.31. The molecule has 1 saturated heterocycles. The van der Waals surface area contributed by atoms with Gasteiger partial charge in [0.2, 0.25) is 5.91 Å². The van der Waals surface area contributed by atoms with Gasteiger partial charge in [0.15, 0.2) is 6.04 Å². The van der Waals surface area contributed by atoms with Crippen LogP contribution in [-0.4, -0.2) is 77.6 Å². The summed E-state index contributed by atoms with van der Waals surface area (Å²) >= 11 is 14.1. The van der Waals surface area contributed by atoms with Crippen LogP contribution in [0.2, 0.25) is 10.0 Å². The first kappa shape index (κ1) is 29.7. The molecule has 0 radical (unpaired) electrons. The van der Waals surface area contributed by atoms with Crippen LogP contribution in [0.4, 0.5) is 0 Å². The maximum Gasteiger partial charge on any atom is 0.328 e. The Morgan fingerprint density at radius 3 is 2.34 bits per heavy atom. The highest BCUT2D eigenvalue weighted by Crippen LogP contribution is 2.35. The highest BCUT2D eigenvalue weighted by molar-refractivity contribution is 7.98. The van der Waals surface area contributed by atoms with E-state index >= 15 is 0 Å². The van der Waals surface area contributed by atoms with E-state index in [4.69, 9.17) is 23.2 Å². The third kappa shape index (κ3) is 7.17. The summed E-state index contributed by atoms with van der Waals surface area (Å²) < 4.78 is 0. The number of imide groups is 1. The van der Waals surface area contributed by atoms with Crippen molar-refractivity contribution >= 4 is 64.7 Å². The van der Waals surface area contributed by atoms with Gasteiger partial charge in [0, 0.05) is 29.5 Å². The first-order chi connectivity index (χ1) is 18.1. The first-order valence-corrected chi connectivity index (χ1v) is 13.9. The van der Waals surface area contributed by atoms with Gasteiger partial charge in [0.25, 0.3) is 11.8 Å². The van der Waals surface area contributed by atoms with Crippen LogP contribution in [0.25, 0.3) is 6.08 Å². The number of carbonyl (C=O) groups is 4. The van der Waals surface area contributed by atoms with Gasteiger partial charge in [-0.25, -0.2) is 4.79 Å². The zero-order valence-electron chi connectivity index (χ0n) is 21.0. The summed E-state index contributed by atoms with van der Waals surface area (Å²) in [7, 11) is 1.44. The molecule has 0 spiro atoms. The summed E-state index contributed by atoms with van der Waals surface area (Å²) in [5.74, 6) is -3.75. The molecular formula is C27H29Cl2N3O5S. The van der Waals surface area contributed by atoms with Gasteiger partial charge in [-0.2, -0.15) is 0 Å². The molecule has 8 nitrogen and oxygen atoms in total. The molecule has 202 valence electrons. The van der Waals surface area contributed by atoms with Crippen molar-refractivity contribution < 1.29 is 24.3 Å². The number of nitrogens with one attached hydrogen (secondary N) is 1. The molecule has 3 rings (SSSR count).